The molecular weight excluding hydrogens is 546 g/mol. The van der Waals surface area contributed by atoms with Gasteiger partial charge in [0.05, 0.1) is 16.7 Å². The zero-order valence-electron chi connectivity index (χ0n) is 23.6. The third kappa shape index (κ3) is 6.71. The van der Waals surface area contributed by atoms with Crippen molar-refractivity contribution in [2.75, 3.05) is 30.3 Å². The van der Waals surface area contributed by atoms with Crippen molar-refractivity contribution >= 4 is 43.5 Å². The Labute approximate surface area is 246 Å². The van der Waals surface area contributed by atoms with Crippen LogP contribution in [0.25, 0.3) is 21.7 Å². The number of imidazole rings is 1. The van der Waals surface area contributed by atoms with Gasteiger partial charge < -0.3 is 15.2 Å². The minimum atomic E-state index is -3.58. The maximum Gasteiger partial charge on any atom is 0.241 e. The molecule has 2 heterocycles. The summed E-state index contributed by atoms with van der Waals surface area (Å²) in [4.78, 5) is 14.0. The fraction of sp³-hybridized carbons (Fsp3) is 0.344. The fourth-order valence-corrected chi connectivity index (χ4v) is 7.13. The number of sulfonamides is 1. The molecule has 42 heavy (non-hydrogen) atoms. The van der Waals surface area contributed by atoms with Gasteiger partial charge in [-0.1, -0.05) is 48.5 Å². The minimum Gasteiger partial charge on any atom is -0.369 e. The molecule has 1 fully saturated rings. The van der Waals surface area contributed by atoms with Crippen LogP contribution in [0.3, 0.4) is 0 Å². The standard InChI is InChI=1S/C32H37N7O2S/c40-42(41,30-12-5-8-26-7-1-2-9-27(26)30)36-22-25-15-13-24(14-16-25)21-35-32-37-29-11-4-3-10-28(29)31(38-32)34-17-6-19-39-20-18-33-23-39/h1-5,7-12,18,20,23-25,36H,6,13-17,19,21-22H2,(H2,34,35,37,38). The smallest absolute Gasteiger partial charge is 0.241 e. The van der Waals surface area contributed by atoms with Crippen molar-refractivity contribution in [1.82, 2.24) is 24.2 Å². The molecule has 0 unspecified atom stereocenters. The Balaban J connectivity index is 1.00. The lowest BCUT2D eigenvalue weighted by molar-refractivity contribution is 0.284. The first-order valence-electron chi connectivity index (χ1n) is 14.7. The molecule has 6 rings (SSSR count). The van der Waals surface area contributed by atoms with Crippen molar-refractivity contribution in [1.29, 1.82) is 0 Å². The lowest BCUT2D eigenvalue weighted by Gasteiger charge is -2.28. The summed E-state index contributed by atoms with van der Waals surface area (Å²) in [5, 5.41) is 9.68. The predicted molar refractivity (Wildman–Crippen MR) is 168 cm³/mol. The van der Waals surface area contributed by atoms with Crippen LogP contribution in [-0.4, -0.2) is 47.6 Å². The van der Waals surface area contributed by atoms with Gasteiger partial charge in [-0.05, 0) is 67.5 Å². The molecule has 9 nitrogen and oxygen atoms in total. The molecule has 0 bridgehead atoms. The van der Waals surface area contributed by atoms with E-state index in [9.17, 15) is 8.42 Å². The first-order valence-corrected chi connectivity index (χ1v) is 16.2. The number of aryl methyl sites for hydroxylation is 1. The van der Waals surface area contributed by atoms with Gasteiger partial charge in [0, 0.05) is 49.3 Å². The second-order valence-corrected chi connectivity index (χ2v) is 12.8. The van der Waals surface area contributed by atoms with Crippen molar-refractivity contribution < 1.29 is 8.42 Å². The van der Waals surface area contributed by atoms with E-state index in [2.05, 4.69) is 24.9 Å². The Morgan fingerprint density at radius 1 is 0.810 bits per heavy atom. The minimum absolute atomic E-state index is 0.334. The molecule has 0 spiro atoms. The number of rotatable bonds is 12. The van der Waals surface area contributed by atoms with E-state index in [0.717, 1.165) is 79.2 Å². The maximum absolute atomic E-state index is 13.1. The number of para-hydroxylation sites is 1. The van der Waals surface area contributed by atoms with Gasteiger partial charge in [0.2, 0.25) is 16.0 Å². The van der Waals surface area contributed by atoms with Gasteiger partial charge in [-0.15, -0.1) is 0 Å². The molecule has 0 atom stereocenters. The normalized spacial score (nSPS) is 17.4. The molecule has 10 heteroatoms. The molecule has 1 aliphatic carbocycles. The number of anilines is 2. The van der Waals surface area contributed by atoms with E-state index in [1.54, 1.807) is 18.3 Å². The van der Waals surface area contributed by atoms with Gasteiger partial charge in [-0.3, -0.25) is 0 Å². The molecule has 218 valence electrons. The third-order valence-electron chi connectivity index (χ3n) is 8.16. The first kappa shape index (κ1) is 28.1. The Bertz CT molecular complexity index is 1730. The molecule has 0 radical (unpaired) electrons. The third-order valence-corrected chi connectivity index (χ3v) is 9.65. The molecular formula is C32H37N7O2S. The van der Waals surface area contributed by atoms with Crippen LogP contribution >= 0.6 is 0 Å². The molecule has 0 aliphatic heterocycles. The van der Waals surface area contributed by atoms with E-state index in [-0.39, 0.29) is 0 Å². The summed E-state index contributed by atoms with van der Waals surface area (Å²) in [5.41, 5.74) is 0.911. The highest BCUT2D eigenvalue weighted by molar-refractivity contribution is 7.89. The maximum atomic E-state index is 13.1. The van der Waals surface area contributed by atoms with Gasteiger partial charge in [0.25, 0.3) is 0 Å². The van der Waals surface area contributed by atoms with E-state index < -0.39 is 10.0 Å². The molecule has 0 saturated heterocycles. The van der Waals surface area contributed by atoms with Crippen molar-refractivity contribution in [3.05, 3.63) is 85.5 Å². The van der Waals surface area contributed by atoms with Crippen LogP contribution < -0.4 is 15.4 Å². The Morgan fingerprint density at radius 2 is 1.55 bits per heavy atom. The number of hydrogen-bond donors (Lipinski definition) is 3. The molecule has 3 N–H and O–H groups in total. The fourth-order valence-electron chi connectivity index (χ4n) is 5.79. The summed E-state index contributed by atoms with van der Waals surface area (Å²) in [6.07, 6.45) is 10.6. The van der Waals surface area contributed by atoms with Crippen LogP contribution in [0.4, 0.5) is 11.8 Å². The largest absolute Gasteiger partial charge is 0.369 e. The summed E-state index contributed by atoms with van der Waals surface area (Å²) in [7, 11) is -3.58. The second kappa shape index (κ2) is 12.9. The van der Waals surface area contributed by atoms with E-state index in [4.69, 9.17) is 9.97 Å². The summed E-state index contributed by atoms with van der Waals surface area (Å²) < 4.78 is 31.2. The van der Waals surface area contributed by atoms with E-state index in [0.29, 0.717) is 29.2 Å². The van der Waals surface area contributed by atoms with Crippen molar-refractivity contribution in [2.45, 2.75) is 43.5 Å². The Kier molecular flexibility index (Phi) is 8.62. The molecule has 1 saturated carbocycles. The highest BCUT2D eigenvalue weighted by atomic mass is 32.2. The second-order valence-electron chi connectivity index (χ2n) is 11.1. The van der Waals surface area contributed by atoms with Crippen LogP contribution in [0.1, 0.15) is 32.1 Å². The van der Waals surface area contributed by atoms with Gasteiger partial charge >= 0.3 is 0 Å². The number of benzene rings is 3. The highest BCUT2D eigenvalue weighted by Crippen LogP contribution is 2.30. The zero-order chi connectivity index (χ0) is 28.8. The Hall–Kier alpha value is -4.02. The van der Waals surface area contributed by atoms with Crippen LogP contribution in [0, 0.1) is 11.8 Å². The number of fused-ring (bicyclic) bond motifs is 2. The molecule has 2 aromatic heterocycles. The van der Waals surface area contributed by atoms with Gasteiger partial charge in [0.15, 0.2) is 0 Å². The number of hydrogen-bond acceptors (Lipinski definition) is 7. The topological polar surface area (TPSA) is 114 Å². The Morgan fingerprint density at radius 3 is 2.36 bits per heavy atom. The quantitative estimate of drug-likeness (QED) is 0.162. The average molecular weight is 584 g/mol. The van der Waals surface area contributed by atoms with Crippen LogP contribution in [0.5, 0.6) is 0 Å². The molecule has 1 aliphatic rings. The van der Waals surface area contributed by atoms with Crippen molar-refractivity contribution in [3.63, 3.8) is 0 Å². The van der Waals surface area contributed by atoms with Crippen LogP contribution in [0.2, 0.25) is 0 Å². The van der Waals surface area contributed by atoms with Crippen LogP contribution in [0.15, 0.2) is 90.3 Å². The number of aromatic nitrogens is 4. The average Bonchev–Trinajstić information content (AvgIpc) is 3.55. The molecule has 5 aromatic rings. The van der Waals surface area contributed by atoms with E-state index in [1.165, 1.54) is 0 Å². The lowest BCUT2D eigenvalue weighted by Crippen LogP contribution is -2.32. The van der Waals surface area contributed by atoms with Crippen molar-refractivity contribution in [2.24, 2.45) is 11.8 Å². The van der Waals surface area contributed by atoms with Gasteiger partial charge in [-0.2, -0.15) is 4.98 Å². The molecule has 0 amide bonds. The van der Waals surface area contributed by atoms with Gasteiger partial charge in [0.1, 0.15) is 5.82 Å². The van der Waals surface area contributed by atoms with Crippen LogP contribution in [-0.2, 0) is 16.6 Å². The number of nitrogens with zero attached hydrogens (tertiary/aromatic N) is 4. The summed E-state index contributed by atoms with van der Waals surface area (Å²) in [6, 6.07) is 21.1. The zero-order valence-corrected chi connectivity index (χ0v) is 24.4. The first-order chi connectivity index (χ1) is 20.5. The monoisotopic (exact) mass is 583 g/mol. The SMILES string of the molecule is O=S(=O)(NCC1CCC(CNc2nc(NCCCn3ccnc3)c3ccccc3n2)CC1)c1cccc2ccccc12. The number of nitrogens with one attached hydrogen (secondary N) is 3. The lowest BCUT2D eigenvalue weighted by atomic mass is 9.82. The summed E-state index contributed by atoms with van der Waals surface area (Å²) in [5.74, 6) is 2.31. The van der Waals surface area contributed by atoms with E-state index >= 15 is 0 Å². The molecule has 3 aromatic carbocycles. The van der Waals surface area contributed by atoms with E-state index in [1.807, 2.05) is 67.1 Å². The highest BCUT2D eigenvalue weighted by Gasteiger charge is 2.24. The predicted octanol–water partition coefficient (Wildman–Crippen LogP) is 5.68. The summed E-state index contributed by atoms with van der Waals surface area (Å²) >= 11 is 0. The van der Waals surface area contributed by atoms with Crippen molar-refractivity contribution in [3.8, 4) is 0 Å². The van der Waals surface area contributed by atoms with Gasteiger partial charge in [-0.25, -0.2) is 23.1 Å². The summed E-state index contributed by atoms with van der Waals surface area (Å²) in [6.45, 7) is 2.96.